The van der Waals surface area contributed by atoms with Crippen LogP contribution in [0.5, 0.6) is 0 Å². The lowest BCUT2D eigenvalue weighted by atomic mass is 9.98. The number of anilines is 2. The average molecular weight is 627 g/mol. The maximum atomic E-state index is 5.38. The van der Waals surface area contributed by atoms with E-state index in [9.17, 15) is 0 Å². The van der Waals surface area contributed by atoms with Gasteiger partial charge >= 0.3 is 0 Å². The summed E-state index contributed by atoms with van der Waals surface area (Å²) in [4.78, 5) is 7.90. The van der Waals surface area contributed by atoms with Gasteiger partial charge in [0.25, 0.3) is 0 Å². The second kappa shape index (κ2) is 10.1. The summed E-state index contributed by atoms with van der Waals surface area (Å²) in [5, 5.41) is 6.22. The van der Waals surface area contributed by atoms with Gasteiger partial charge in [-0.25, -0.2) is 4.98 Å². The minimum Gasteiger partial charge on any atom is -0.318 e. The van der Waals surface area contributed by atoms with Crippen LogP contribution in [0.3, 0.4) is 0 Å². The van der Waals surface area contributed by atoms with Crippen molar-refractivity contribution in [2.45, 2.75) is 12.5 Å². The van der Waals surface area contributed by atoms with Crippen LogP contribution in [0.4, 0.5) is 11.5 Å². The fourth-order valence-electron chi connectivity index (χ4n) is 8.41. The van der Waals surface area contributed by atoms with E-state index in [2.05, 4.69) is 178 Å². The van der Waals surface area contributed by atoms with Crippen molar-refractivity contribution in [3.05, 3.63) is 170 Å². The summed E-state index contributed by atoms with van der Waals surface area (Å²) in [7, 11) is 0. The molecule has 0 N–H and O–H groups in total. The number of benzene rings is 6. The van der Waals surface area contributed by atoms with Crippen LogP contribution in [-0.2, 0) is 0 Å². The first-order valence-corrected chi connectivity index (χ1v) is 17.0. The number of rotatable bonds is 3. The number of nitrogens with zero attached hydrogens (tertiary/aromatic N) is 4. The summed E-state index contributed by atoms with van der Waals surface area (Å²) in [6, 6.07) is 53.0. The van der Waals surface area contributed by atoms with Gasteiger partial charge in [0.15, 0.2) is 0 Å². The summed E-state index contributed by atoms with van der Waals surface area (Å²) >= 11 is 0. The van der Waals surface area contributed by atoms with Crippen LogP contribution in [0.1, 0.15) is 12.1 Å². The third-order valence-electron chi connectivity index (χ3n) is 10.6. The fourth-order valence-corrected chi connectivity index (χ4v) is 8.41. The van der Waals surface area contributed by atoms with Gasteiger partial charge in [0, 0.05) is 38.5 Å². The summed E-state index contributed by atoms with van der Waals surface area (Å²) in [6.45, 7) is 0. The molecular weight excluding hydrogens is 597 g/mol. The molecule has 1 unspecified atom stereocenters. The predicted molar refractivity (Wildman–Crippen MR) is 204 cm³/mol. The third-order valence-corrected chi connectivity index (χ3v) is 10.6. The minimum absolute atomic E-state index is 0.209. The number of fused-ring (bicyclic) bond motifs is 13. The molecule has 9 aromatic rings. The number of hydrogen-bond acceptors (Lipinski definition) is 2. The topological polar surface area (TPSA) is 25.5 Å². The molecule has 0 saturated heterocycles. The first kappa shape index (κ1) is 26.7. The Bertz CT molecular complexity index is 2800. The minimum atomic E-state index is 0.209. The van der Waals surface area contributed by atoms with Crippen molar-refractivity contribution in [1.82, 2.24) is 14.0 Å². The highest BCUT2D eigenvalue weighted by Gasteiger charge is 2.39. The summed E-state index contributed by atoms with van der Waals surface area (Å²) in [6.07, 6.45) is 7.67. The Hall–Kier alpha value is -6.39. The van der Waals surface area contributed by atoms with Gasteiger partial charge < -0.3 is 9.47 Å². The highest BCUT2D eigenvalue weighted by atomic mass is 15.3. The Labute approximate surface area is 283 Å². The van der Waals surface area contributed by atoms with Gasteiger partial charge in [0.2, 0.25) is 0 Å². The molecule has 0 radical (unpaired) electrons. The SMILES string of the molecule is C1=CCC2C(=C1)c1nc3c4ccccc4c4ccccc4n3c1N2c1ccc(-c2ccc(-n3c4ccccc4c4ccccc43)cc2)cc1. The van der Waals surface area contributed by atoms with E-state index in [0.29, 0.717) is 0 Å². The van der Waals surface area contributed by atoms with E-state index in [1.54, 1.807) is 0 Å². The Kier molecular flexibility index (Phi) is 5.47. The molecule has 0 spiro atoms. The Balaban J connectivity index is 1.02. The van der Waals surface area contributed by atoms with Crippen molar-refractivity contribution in [2.75, 3.05) is 4.90 Å². The number of allylic oxidation sites excluding steroid dienone is 2. The average Bonchev–Trinajstić information content (AvgIpc) is 3.83. The second-order valence-corrected chi connectivity index (χ2v) is 13.1. The van der Waals surface area contributed by atoms with E-state index in [0.717, 1.165) is 23.6 Å². The van der Waals surface area contributed by atoms with E-state index in [4.69, 9.17) is 4.98 Å². The molecule has 1 aliphatic heterocycles. The molecule has 4 heterocycles. The molecule has 11 rings (SSSR count). The smallest absolute Gasteiger partial charge is 0.147 e. The quantitative estimate of drug-likeness (QED) is 0.182. The molecule has 4 heteroatoms. The van der Waals surface area contributed by atoms with Gasteiger partial charge in [-0.15, -0.1) is 0 Å². The molecular formula is C45H30N4. The number of hydrogen-bond donors (Lipinski definition) is 0. The molecule has 1 aliphatic carbocycles. The maximum absolute atomic E-state index is 5.38. The molecule has 1 atom stereocenters. The van der Waals surface area contributed by atoms with Crippen molar-refractivity contribution in [2.24, 2.45) is 0 Å². The lowest BCUT2D eigenvalue weighted by Gasteiger charge is -2.29. The van der Waals surface area contributed by atoms with Crippen molar-refractivity contribution in [3.63, 3.8) is 0 Å². The normalized spacial score (nSPS) is 15.5. The second-order valence-electron chi connectivity index (χ2n) is 13.1. The zero-order valence-electron chi connectivity index (χ0n) is 26.7. The third kappa shape index (κ3) is 3.71. The maximum Gasteiger partial charge on any atom is 0.147 e. The lowest BCUT2D eigenvalue weighted by Crippen LogP contribution is -2.28. The monoisotopic (exact) mass is 626 g/mol. The van der Waals surface area contributed by atoms with Gasteiger partial charge in [-0.2, -0.15) is 0 Å². The largest absolute Gasteiger partial charge is 0.318 e. The molecule has 0 fully saturated rings. The van der Waals surface area contributed by atoms with Gasteiger partial charge in [-0.1, -0.05) is 121 Å². The van der Waals surface area contributed by atoms with Crippen LogP contribution < -0.4 is 4.90 Å². The van der Waals surface area contributed by atoms with Crippen LogP contribution in [-0.4, -0.2) is 20.0 Å². The van der Waals surface area contributed by atoms with Gasteiger partial charge in [0.1, 0.15) is 17.2 Å². The van der Waals surface area contributed by atoms with Crippen LogP contribution in [0.25, 0.3) is 71.5 Å². The van der Waals surface area contributed by atoms with Crippen molar-refractivity contribution >= 4 is 66.2 Å². The van der Waals surface area contributed by atoms with E-state index >= 15 is 0 Å². The molecule has 3 aromatic heterocycles. The van der Waals surface area contributed by atoms with Crippen molar-refractivity contribution in [3.8, 4) is 16.8 Å². The number of imidazole rings is 1. The highest BCUT2D eigenvalue weighted by Crippen LogP contribution is 2.49. The molecule has 2 aliphatic rings. The first-order valence-electron chi connectivity index (χ1n) is 17.0. The molecule has 0 amide bonds. The summed E-state index contributed by atoms with van der Waals surface area (Å²) in [5.74, 6) is 1.15. The number of pyridine rings is 1. The van der Waals surface area contributed by atoms with E-state index in [-0.39, 0.29) is 6.04 Å². The van der Waals surface area contributed by atoms with E-state index in [1.165, 1.54) is 71.6 Å². The fraction of sp³-hybridized carbons (Fsp3) is 0.0444. The van der Waals surface area contributed by atoms with Gasteiger partial charge in [-0.3, -0.25) is 4.40 Å². The molecule has 6 aromatic carbocycles. The van der Waals surface area contributed by atoms with E-state index in [1.807, 2.05) is 0 Å². The van der Waals surface area contributed by atoms with Crippen LogP contribution in [0.2, 0.25) is 0 Å². The van der Waals surface area contributed by atoms with Gasteiger partial charge in [-0.05, 0) is 65.4 Å². The zero-order chi connectivity index (χ0) is 32.1. The van der Waals surface area contributed by atoms with E-state index < -0.39 is 0 Å². The van der Waals surface area contributed by atoms with Crippen LogP contribution in [0, 0.1) is 0 Å². The van der Waals surface area contributed by atoms with Crippen LogP contribution in [0.15, 0.2) is 164 Å². The molecule has 0 bridgehead atoms. The molecule has 0 saturated carbocycles. The summed E-state index contributed by atoms with van der Waals surface area (Å²) in [5.41, 5.74) is 11.8. The summed E-state index contributed by atoms with van der Waals surface area (Å²) < 4.78 is 4.77. The van der Waals surface area contributed by atoms with Crippen molar-refractivity contribution < 1.29 is 0 Å². The lowest BCUT2D eigenvalue weighted by molar-refractivity contribution is 0.816. The zero-order valence-corrected chi connectivity index (χ0v) is 26.7. The molecule has 4 nitrogen and oxygen atoms in total. The predicted octanol–water partition coefficient (Wildman–Crippen LogP) is 11.3. The first-order chi connectivity index (χ1) is 24.3. The Morgan fingerprint density at radius 3 is 1.69 bits per heavy atom. The molecule has 49 heavy (non-hydrogen) atoms. The van der Waals surface area contributed by atoms with Gasteiger partial charge in [0.05, 0.1) is 22.6 Å². The number of aromatic nitrogens is 3. The van der Waals surface area contributed by atoms with Crippen LogP contribution >= 0.6 is 0 Å². The highest BCUT2D eigenvalue weighted by molar-refractivity contribution is 6.13. The van der Waals surface area contributed by atoms with Crippen molar-refractivity contribution in [1.29, 1.82) is 0 Å². The standard InChI is InChI=1S/C45H30N4/c1-2-15-37-33(11-1)34-12-3-9-19-41(34)49-44(37)46-43-38-16-6-10-20-42(38)48(45(43)49)32-27-23-30(24-28-32)29-21-25-31(26-22-29)47-39-17-7-4-13-35(39)36-14-5-8-18-40(36)47/h1-19,21-28,42H,20H2. The molecule has 230 valence electrons. The number of para-hydroxylation sites is 3. The Morgan fingerprint density at radius 2 is 1.04 bits per heavy atom. The Morgan fingerprint density at radius 1 is 0.510 bits per heavy atom.